The Morgan fingerprint density at radius 2 is 1.81 bits per heavy atom. The summed E-state index contributed by atoms with van der Waals surface area (Å²) < 4.78 is 29.3. The largest absolute Gasteiger partial charge is 0.322 e. The minimum Gasteiger partial charge on any atom is -0.322 e. The maximum atomic E-state index is 12.7. The highest BCUT2D eigenvalue weighted by molar-refractivity contribution is 7.94. The van der Waals surface area contributed by atoms with E-state index < -0.39 is 10.0 Å². The van der Waals surface area contributed by atoms with E-state index in [0.717, 1.165) is 32.9 Å². The number of carbonyl (C=O) groups excluding carboxylic acids is 1. The molecule has 2 heterocycles. The fraction of sp³-hybridized carbons (Fsp3) is 0.182. The predicted molar refractivity (Wildman–Crippen MR) is 131 cm³/mol. The van der Waals surface area contributed by atoms with E-state index in [1.807, 2.05) is 19.9 Å². The molecule has 1 N–H and O–H groups in total. The Bertz CT molecular complexity index is 1430. The molecule has 0 aliphatic heterocycles. The Hall–Kier alpha value is -2.95. The predicted octanol–water partition coefficient (Wildman–Crippen LogP) is 4.78. The van der Waals surface area contributed by atoms with Crippen molar-refractivity contribution in [3.8, 4) is 0 Å². The fourth-order valence-electron chi connectivity index (χ4n) is 3.31. The number of sulfonamides is 1. The Kier molecular flexibility index (Phi) is 5.93. The lowest BCUT2D eigenvalue weighted by atomic mass is 10.2. The molecule has 0 spiro atoms. The number of nitrogens with zero attached hydrogens (tertiary/aromatic N) is 2. The van der Waals surface area contributed by atoms with E-state index in [1.54, 1.807) is 58.5 Å². The van der Waals surface area contributed by atoms with Crippen LogP contribution < -0.4 is 14.5 Å². The zero-order valence-electron chi connectivity index (χ0n) is 17.6. The van der Waals surface area contributed by atoms with Gasteiger partial charge in [0.15, 0.2) is 0 Å². The van der Waals surface area contributed by atoms with Gasteiger partial charge in [-0.3, -0.25) is 18.5 Å². The first-order valence-electron chi connectivity index (χ1n) is 9.77. The van der Waals surface area contributed by atoms with Gasteiger partial charge < -0.3 is 5.32 Å². The van der Waals surface area contributed by atoms with Crippen molar-refractivity contribution in [2.75, 3.05) is 16.7 Å². The van der Waals surface area contributed by atoms with Crippen LogP contribution in [0.1, 0.15) is 30.2 Å². The maximum Gasteiger partial charge on any atom is 0.308 e. The number of amides is 1. The second kappa shape index (κ2) is 8.53. The van der Waals surface area contributed by atoms with Crippen LogP contribution in [0, 0.1) is 0 Å². The molecule has 1 amide bonds. The number of carbonyl (C=O) groups is 1. The number of rotatable bonds is 6. The molecule has 2 aromatic heterocycles. The molecule has 32 heavy (non-hydrogen) atoms. The first-order valence-corrected chi connectivity index (χ1v) is 12.9. The number of aromatic nitrogens is 1. The molecule has 0 aliphatic rings. The molecular weight excluding hydrogens is 466 g/mol. The molecule has 0 bridgehead atoms. The molecule has 0 unspecified atom stereocenters. The molecule has 0 atom stereocenters. The average Bonchev–Trinajstić information content (AvgIpc) is 3.40. The Morgan fingerprint density at radius 1 is 1.09 bits per heavy atom. The maximum absolute atomic E-state index is 12.7. The van der Waals surface area contributed by atoms with E-state index in [9.17, 15) is 18.0 Å². The summed E-state index contributed by atoms with van der Waals surface area (Å²) in [5.74, 6) is -0.324. The number of nitrogens with one attached hydrogen (secondary N) is 1. The Balaban J connectivity index is 1.53. The summed E-state index contributed by atoms with van der Waals surface area (Å²) in [4.78, 5) is 24.9. The number of benzene rings is 2. The fourth-order valence-corrected chi connectivity index (χ4v) is 6.72. The Labute approximate surface area is 193 Å². The van der Waals surface area contributed by atoms with Crippen LogP contribution in [0.5, 0.6) is 0 Å². The molecule has 7 nitrogen and oxygen atoms in total. The summed E-state index contributed by atoms with van der Waals surface area (Å²) in [6, 6.07) is 15.0. The van der Waals surface area contributed by atoms with Crippen molar-refractivity contribution < 1.29 is 13.2 Å². The summed E-state index contributed by atoms with van der Waals surface area (Å²) in [5, 5.41) is 4.55. The van der Waals surface area contributed by atoms with Gasteiger partial charge in [0, 0.05) is 24.3 Å². The van der Waals surface area contributed by atoms with Gasteiger partial charge in [0.2, 0.25) is 0 Å². The van der Waals surface area contributed by atoms with Gasteiger partial charge in [-0.25, -0.2) is 8.42 Å². The lowest BCUT2D eigenvalue weighted by Gasteiger charge is -2.18. The number of hydrogen-bond donors (Lipinski definition) is 1. The molecule has 4 rings (SSSR count). The SMILES string of the molecule is CC(C)n1c(=O)sc2cc(NC(=O)c3ccc(N(C)S(=O)(=O)c4cccs4)cc3)ccc21. The molecule has 0 radical (unpaired) electrons. The third kappa shape index (κ3) is 4.08. The number of thiophene rings is 1. The van der Waals surface area contributed by atoms with Gasteiger partial charge >= 0.3 is 4.87 Å². The number of fused-ring (bicyclic) bond motifs is 1. The zero-order chi connectivity index (χ0) is 23.0. The molecule has 4 aromatic rings. The minimum absolute atomic E-state index is 0.0318. The monoisotopic (exact) mass is 487 g/mol. The van der Waals surface area contributed by atoms with Crippen LogP contribution in [0.15, 0.2) is 69.0 Å². The molecule has 0 saturated carbocycles. The van der Waals surface area contributed by atoms with Crippen LogP contribution in [0.25, 0.3) is 10.2 Å². The number of hydrogen-bond acceptors (Lipinski definition) is 6. The van der Waals surface area contributed by atoms with Crippen molar-refractivity contribution in [3.63, 3.8) is 0 Å². The van der Waals surface area contributed by atoms with Gasteiger partial charge in [-0.05, 0) is 67.8 Å². The molecule has 0 aliphatic carbocycles. The van der Waals surface area contributed by atoms with Crippen LogP contribution >= 0.6 is 22.7 Å². The normalized spacial score (nSPS) is 11.8. The van der Waals surface area contributed by atoms with E-state index in [2.05, 4.69) is 5.32 Å². The Morgan fingerprint density at radius 3 is 2.44 bits per heavy atom. The highest BCUT2D eigenvalue weighted by atomic mass is 32.2. The van der Waals surface area contributed by atoms with Crippen LogP contribution in [0.3, 0.4) is 0 Å². The van der Waals surface area contributed by atoms with Gasteiger partial charge in [0.05, 0.1) is 15.9 Å². The second-order valence-electron chi connectivity index (χ2n) is 7.42. The van der Waals surface area contributed by atoms with Gasteiger partial charge in [-0.15, -0.1) is 11.3 Å². The van der Waals surface area contributed by atoms with Crippen LogP contribution in [0.2, 0.25) is 0 Å². The lowest BCUT2D eigenvalue weighted by Crippen LogP contribution is -2.25. The van der Waals surface area contributed by atoms with Crippen molar-refractivity contribution in [3.05, 3.63) is 75.2 Å². The van der Waals surface area contributed by atoms with E-state index in [4.69, 9.17) is 0 Å². The summed E-state index contributed by atoms with van der Waals surface area (Å²) in [6.45, 7) is 3.91. The molecular formula is C22H21N3O4S3. The molecule has 2 aromatic carbocycles. The van der Waals surface area contributed by atoms with Gasteiger partial charge in [0.1, 0.15) is 4.21 Å². The smallest absolute Gasteiger partial charge is 0.308 e. The molecule has 0 fully saturated rings. The summed E-state index contributed by atoms with van der Waals surface area (Å²) in [5.41, 5.74) is 2.27. The van der Waals surface area contributed by atoms with E-state index >= 15 is 0 Å². The summed E-state index contributed by atoms with van der Waals surface area (Å²) >= 11 is 2.30. The van der Waals surface area contributed by atoms with Crippen molar-refractivity contribution in [2.45, 2.75) is 24.1 Å². The minimum atomic E-state index is -3.63. The van der Waals surface area contributed by atoms with Crippen molar-refractivity contribution in [1.29, 1.82) is 0 Å². The number of thiazole rings is 1. The topological polar surface area (TPSA) is 88.5 Å². The first kappa shape index (κ1) is 22.3. The highest BCUT2D eigenvalue weighted by Crippen LogP contribution is 2.27. The first-order chi connectivity index (χ1) is 15.2. The van der Waals surface area contributed by atoms with Gasteiger partial charge in [-0.2, -0.15) is 0 Å². The summed E-state index contributed by atoms with van der Waals surface area (Å²) in [6.07, 6.45) is 0. The number of anilines is 2. The third-order valence-corrected chi connectivity index (χ3v) is 9.07. The van der Waals surface area contributed by atoms with Crippen molar-refractivity contribution >= 4 is 60.2 Å². The third-order valence-electron chi connectivity index (χ3n) is 4.99. The quantitative estimate of drug-likeness (QED) is 0.424. The van der Waals surface area contributed by atoms with Crippen LogP contribution in [-0.2, 0) is 10.0 Å². The van der Waals surface area contributed by atoms with Gasteiger partial charge in [0.25, 0.3) is 15.9 Å². The van der Waals surface area contributed by atoms with Crippen molar-refractivity contribution in [2.24, 2.45) is 0 Å². The zero-order valence-corrected chi connectivity index (χ0v) is 20.1. The summed E-state index contributed by atoms with van der Waals surface area (Å²) in [7, 11) is -2.15. The average molecular weight is 488 g/mol. The second-order valence-corrected chi connectivity index (χ2v) is 11.6. The van der Waals surface area contributed by atoms with E-state index in [-0.39, 0.29) is 21.0 Å². The highest BCUT2D eigenvalue weighted by Gasteiger charge is 2.22. The molecule has 166 valence electrons. The molecule has 0 saturated heterocycles. The van der Waals surface area contributed by atoms with E-state index in [0.29, 0.717) is 16.9 Å². The lowest BCUT2D eigenvalue weighted by molar-refractivity contribution is 0.102. The van der Waals surface area contributed by atoms with Crippen LogP contribution in [0.4, 0.5) is 11.4 Å². The van der Waals surface area contributed by atoms with Crippen LogP contribution in [-0.4, -0.2) is 25.9 Å². The van der Waals surface area contributed by atoms with Gasteiger partial charge in [-0.1, -0.05) is 17.4 Å². The van der Waals surface area contributed by atoms with E-state index in [1.165, 1.54) is 11.4 Å². The molecule has 10 heteroatoms. The standard InChI is InChI=1S/C22H21N3O4S3/c1-14(2)25-18-11-8-16(13-19(18)31-22(25)27)23-21(26)15-6-9-17(10-7-15)24(3)32(28,29)20-5-4-12-30-20/h4-14H,1-3H3,(H,23,26). The van der Waals surface area contributed by atoms with Crippen molar-refractivity contribution in [1.82, 2.24) is 4.57 Å².